The van der Waals surface area contributed by atoms with Crippen LogP contribution in [-0.2, 0) is 0 Å². The fourth-order valence-corrected chi connectivity index (χ4v) is 1.19. The van der Waals surface area contributed by atoms with Gasteiger partial charge in [-0.15, -0.1) is 6.42 Å². The highest BCUT2D eigenvalue weighted by Crippen LogP contribution is 2.30. The molecule has 0 bridgehead atoms. The molecule has 0 aromatic heterocycles. The van der Waals surface area contributed by atoms with E-state index in [1.807, 2.05) is 0 Å². The van der Waals surface area contributed by atoms with Crippen molar-refractivity contribution in [1.29, 1.82) is 0 Å². The van der Waals surface area contributed by atoms with Crippen molar-refractivity contribution in [1.82, 2.24) is 0 Å². The van der Waals surface area contributed by atoms with E-state index in [2.05, 4.69) is 5.92 Å². The predicted octanol–water partition coefficient (Wildman–Crippen LogP) is 2.71. The molecule has 0 heterocycles. The molecule has 0 spiro atoms. The number of rotatable bonds is 2. The molecule has 0 saturated carbocycles. The van der Waals surface area contributed by atoms with Gasteiger partial charge >= 0.3 is 0 Å². The molecule has 1 unspecified atom stereocenters. The van der Waals surface area contributed by atoms with Crippen LogP contribution in [0.5, 0.6) is 5.75 Å². The van der Waals surface area contributed by atoms with Crippen molar-refractivity contribution in [2.24, 2.45) is 0 Å². The average Bonchev–Trinajstić information content (AvgIpc) is 2.20. The smallest absolute Gasteiger partial charge is 0.200 e. The van der Waals surface area contributed by atoms with Crippen LogP contribution in [0, 0.1) is 24.0 Å². The summed E-state index contributed by atoms with van der Waals surface area (Å²) in [5, 5.41) is 0. The third-order valence-electron chi connectivity index (χ3n) is 2.00. The van der Waals surface area contributed by atoms with Crippen LogP contribution in [0.25, 0.3) is 0 Å². The lowest BCUT2D eigenvalue weighted by Gasteiger charge is -2.11. The third-order valence-corrected chi connectivity index (χ3v) is 2.00. The Labute approximate surface area is 81.7 Å². The van der Waals surface area contributed by atoms with Gasteiger partial charge < -0.3 is 4.74 Å². The van der Waals surface area contributed by atoms with Gasteiger partial charge in [0.05, 0.1) is 7.11 Å². The molecule has 1 rings (SSSR count). The summed E-state index contributed by atoms with van der Waals surface area (Å²) < 4.78 is 30.8. The van der Waals surface area contributed by atoms with Crippen molar-refractivity contribution in [2.75, 3.05) is 7.11 Å². The van der Waals surface area contributed by atoms with Crippen LogP contribution in [0.2, 0.25) is 0 Å². The number of terminal acetylenes is 1. The summed E-state index contributed by atoms with van der Waals surface area (Å²) in [6.07, 6.45) is 5.19. The summed E-state index contributed by atoms with van der Waals surface area (Å²) >= 11 is 0. The second-order valence-corrected chi connectivity index (χ2v) is 2.87. The Kier molecular flexibility index (Phi) is 3.08. The van der Waals surface area contributed by atoms with Gasteiger partial charge in [0.2, 0.25) is 5.82 Å². The number of methoxy groups -OCH3 is 1. The first-order valence-corrected chi connectivity index (χ1v) is 4.09. The van der Waals surface area contributed by atoms with Crippen LogP contribution < -0.4 is 4.74 Å². The molecule has 74 valence electrons. The van der Waals surface area contributed by atoms with Gasteiger partial charge in [0, 0.05) is 11.5 Å². The Morgan fingerprint density at radius 2 is 2.07 bits per heavy atom. The molecular formula is C11H10F2O. The molecule has 1 nitrogen and oxygen atoms in total. The summed E-state index contributed by atoms with van der Waals surface area (Å²) in [4.78, 5) is 0. The van der Waals surface area contributed by atoms with Crippen LogP contribution in [0.15, 0.2) is 12.1 Å². The standard InChI is InChI=1S/C11H10F2O/c1-4-7(2)8-5-6-9(12)10(13)11(8)14-3/h1,5-7H,2-3H3. The highest BCUT2D eigenvalue weighted by molar-refractivity contribution is 5.41. The molecule has 1 atom stereocenters. The van der Waals surface area contributed by atoms with E-state index in [0.717, 1.165) is 6.07 Å². The van der Waals surface area contributed by atoms with E-state index < -0.39 is 11.6 Å². The summed E-state index contributed by atoms with van der Waals surface area (Å²) in [5.74, 6) is 0.0839. The number of ether oxygens (including phenoxy) is 1. The minimum atomic E-state index is -0.993. The summed E-state index contributed by atoms with van der Waals surface area (Å²) in [6, 6.07) is 2.48. The maximum Gasteiger partial charge on any atom is 0.200 e. The lowest BCUT2D eigenvalue weighted by Crippen LogP contribution is -2.00. The normalized spacial score (nSPS) is 11.9. The molecule has 1 aromatic carbocycles. The molecule has 0 aliphatic rings. The van der Waals surface area contributed by atoms with Gasteiger partial charge in [-0.2, -0.15) is 4.39 Å². The van der Waals surface area contributed by atoms with E-state index >= 15 is 0 Å². The van der Waals surface area contributed by atoms with Crippen LogP contribution in [0.1, 0.15) is 18.4 Å². The molecule has 0 aliphatic heterocycles. The molecule has 0 N–H and O–H groups in total. The van der Waals surface area contributed by atoms with E-state index in [9.17, 15) is 8.78 Å². The fraction of sp³-hybridized carbons (Fsp3) is 0.273. The fourth-order valence-electron chi connectivity index (χ4n) is 1.19. The number of hydrogen-bond acceptors (Lipinski definition) is 1. The molecule has 0 radical (unpaired) electrons. The second-order valence-electron chi connectivity index (χ2n) is 2.87. The minimum absolute atomic E-state index is 0.115. The molecule has 0 fully saturated rings. The average molecular weight is 196 g/mol. The van der Waals surface area contributed by atoms with Crippen LogP contribution in [0.3, 0.4) is 0 Å². The monoisotopic (exact) mass is 196 g/mol. The molecule has 1 aromatic rings. The number of benzene rings is 1. The highest BCUT2D eigenvalue weighted by Gasteiger charge is 2.16. The van der Waals surface area contributed by atoms with Crippen LogP contribution in [0.4, 0.5) is 8.78 Å². The topological polar surface area (TPSA) is 9.23 Å². The molecule has 0 aliphatic carbocycles. The summed E-state index contributed by atoms with van der Waals surface area (Å²) in [6.45, 7) is 1.72. The zero-order chi connectivity index (χ0) is 10.7. The first-order chi connectivity index (χ1) is 6.61. The highest BCUT2D eigenvalue weighted by atomic mass is 19.2. The van der Waals surface area contributed by atoms with Crippen molar-refractivity contribution in [3.63, 3.8) is 0 Å². The number of halogens is 2. The minimum Gasteiger partial charge on any atom is -0.493 e. The molecule has 3 heteroatoms. The quantitative estimate of drug-likeness (QED) is 0.661. The number of hydrogen-bond donors (Lipinski definition) is 0. The molecule has 0 saturated heterocycles. The maximum atomic E-state index is 13.2. The maximum absolute atomic E-state index is 13.2. The zero-order valence-corrected chi connectivity index (χ0v) is 7.97. The van der Waals surface area contributed by atoms with Crippen molar-refractivity contribution < 1.29 is 13.5 Å². The van der Waals surface area contributed by atoms with Crippen LogP contribution in [-0.4, -0.2) is 7.11 Å². The Hall–Kier alpha value is -1.56. The molecule has 0 amide bonds. The SMILES string of the molecule is C#CC(C)c1ccc(F)c(F)c1OC. The van der Waals surface area contributed by atoms with Crippen molar-refractivity contribution >= 4 is 0 Å². The Balaban J connectivity index is 3.32. The first-order valence-electron chi connectivity index (χ1n) is 4.09. The van der Waals surface area contributed by atoms with E-state index in [0.29, 0.717) is 5.56 Å². The van der Waals surface area contributed by atoms with Gasteiger partial charge in [-0.3, -0.25) is 0 Å². The van der Waals surface area contributed by atoms with Crippen molar-refractivity contribution in [3.8, 4) is 18.1 Å². The van der Waals surface area contributed by atoms with Gasteiger partial charge in [0.15, 0.2) is 11.6 Å². The van der Waals surface area contributed by atoms with Crippen molar-refractivity contribution in [3.05, 3.63) is 29.3 Å². The van der Waals surface area contributed by atoms with Gasteiger partial charge in [-0.25, -0.2) is 4.39 Å². The Morgan fingerprint density at radius 3 is 2.57 bits per heavy atom. The largest absolute Gasteiger partial charge is 0.493 e. The second kappa shape index (κ2) is 4.10. The van der Waals surface area contributed by atoms with E-state index in [4.69, 9.17) is 11.2 Å². The Bertz CT molecular complexity index is 380. The summed E-state index contributed by atoms with van der Waals surface area (Å²) in [5.41, 5.74) is 0.480. The van der Waals surface area contributed by atoms with E-state index in [1.54, 1.807) is 6.92 Å². The van der Waals surface area contributed by atoms with Crippen molar-refractivity contribution in [2.45, 2.75) is 12.8 Å². The Morgan fingerprint density at radius 1 is 1.43 bits per heavy atom. The van der Waals surface area contributed by atoms with Gasteiger partial charge in [0.1, 0.15) is 0 Å². The van der Waals surface area contributed by atoms with E-state index in [-0.39, 0.29) is 11.7 Å². The van der Waals surface area contributed by atoms with Crippen LogP contribution >= 0.6 is 0 Å². The van der Waals surface area contributed by atoms with E-state index in [1.165, 1.54) is 13.2 Å². The zero-order valence-electron chi connectivity index (χ0n) is 7.97. The lowest BCUT2D eigenvalue weighted by molar-refractivity contribution is 0.366. The first kappa shape index (κ1) is 10.5. The van der Waals surface area contributed by atoms with Gasteiger partial charge in [-0.05, 0) is 13.0 Å². The summed E-state index contributed by atoms with van der Waals surface area (Å²) in [7, 11) is 1.28. The predicted molar refractivity (Wildman–Crippen MR) is 50.2 cm³/mol. The van der Waals surface area contributed by atoms with Gasteiger partial charge in [-0.1, -0.05) is 12.0 Å². The van der Waals surface area contributed by atoms with Gasteiger partial charge in [0.25, 0.3) is 0 Å². The third kappa shape index (κ3) is 1.69. The lowest BCUT2D eigenvalue weighted by atomic mass is 10.0. The molecular weight excluding hydrogens is 186 g/mol. The molecule has 14 heavy (non-hydrogen) atoms.